The van der Waals surface area contributed by atoms with E-state index in [4.69, 9.17) is 0 Å². The van der Waals surface area contributed by atoms with E-state index in [2.05, 4.69) is 27.8 Å². The molecule has 0 spiro atoms. The van der Waals surface area contributed by atoms with E-state index < -0.39 is 70.4 Å². The van der Waals surface area contributed by atoms with E-state index in [0.717, 1.165) is 19.3 Å². The van der Waals surface area contributed by atoms with Crippen LogP contribution in [0.25, 0.3) is 0 Å². The molecule has 7 amide bonds. The molecule has 2 aliphatic heterocycles. The van der Waals surface area contributed by atoms with Crippen LogP contribution < -0.4 is 21.3 Å². The van der Waals surface area contributed by atoms with Crippen molar-refractivity contribution in [2.45, 2.75) is 110 Å². The fourth-order valence-electron chi connectivity index (χ4n) is 8.50. The predicted molar refractivity (Wildman–Crippen MR) is 194 cm³/mol. The number of carbonyl (C=O) groups excluding carboxylic acids is 7. The highest BCUT2D eigenvalue weighted by molar-refractivity contribution is 6.38. The molecular weight excluding hydrogens is 664 g/mol. The number of nitrogens with one attached hydrogen (secondary N) is 4. The molecule has 0 bridgehead atoms. The van der Waals surface area contributed by atoms with Crippen molar-refractivity contribution in [3.63, 3.8) is 0 Å². The van der Waals surface area contributed by atoms with Crippen molar-refractivity contribution in [3.8, 4) is 0 Å². The molecule has 1 aromatic rings. The minimum atomic E-state index is -1.06. The van der Waals surface area contributed by atoms with Gasteiger partial charge in [0.1, 0.15) is 12.1 Å². The van der Waals surface area contributed by atoms with Crippen LogP contribution in [0.3, 0.4) is 0 Å². The van der Waals surface area contributed by atoms with Crippen LogP contribution in [0.5, 0.6) is 0 Å². The maximum Gasteiger partial charge on any atom is 0.315 e. The van der Waals surface area contributed by atoms with Crippen LogP contribution in [-0.4, -0.2) is 94.4 Å². The average molecular weight is 719 g/mol. The summed E-state index contributed by atoms with van der Waals surface area (Å²) >= 11 is 0. The van der Waals surface area contributed by atoms with Crippen molar-refractivity contribution in [2.75, 3.05) is 19.6 Å². The van der Waals surface area contributed by atoms with Gasteiger partial charge in [-0.3, -0.25) is 33.7 Å². The zero-order valence-corrected chi connectivity index (χ0v) is 31.3. The van der Waals surface area contributed by atoms with Gasteiger partial charge >= 0.3 is 6.03 Å². The third kappa shape index (κ3) is 7.50. The van der Waals surface area contributed by atoms with E-state index in [1.807, 2.05) is 41.5 Å². The largest absolute Gasteiger partial charge is 0.346 e. The summed E-state index contributed by atoms with van der Waals surface area (Å²) in [4.78, 5) is 97.3. The van der Waals surface area contributed by atoms with Crippen LogP contribution in [0.15, 0.2) is 36.9 Å². The highest BCUT2D eigenvalue weighted by Crippen LogP contribution is 2.65. The first-order valence-corrected chi connectivity index (χ1v) is 18.5. The van der Waals surface area contributed by atoms with Gasteiger partial charge < -0.3 is 26.2 Å². The summed E-state index contributed by atoms with van der Waals surface area (Å²) in [6, 6.07) is 3.08. The smallest absolute Gasteiger partial charge is 0.315 e. The van der Waals surface area contributed by atoms with Gasteiger partial charge in [-0.1, -0.05) is 85.4 Å². The van der Waals surface area contributed by atoms with E-state index in [-0.39, 0.29) is 36.8 Å². The van der Waals surface area contributed by atoms with Crippen LogP contribution in [0.2, 0.25) is 0 Å². The van der Waals surface area contributed by atoms with Gasteiger partial charge in [0.25, 0.3) is 17.7 Å². The molecular formula is C39H54N6O7. The number of benzene rings is 1. The number of likely N-dealkylation sites (tertiary alicyclic amines) is 1. The molecule has 1 aromatic carbocycles. The first-order valence-electron chi connectivity index (χ1n) is 18.5. The summed E-state index contributed by atoms with van der Waals surface area (Å²) in [7, 11) is 0. The maximum absolute atomic E-state index is 14.5. The number of ketones is 1. The molecule has 4 N–H and O–H groups in total. The number of hydrogen-bond donors (Lipinski definition) is 4. The van der Waals surface area contributed by atoms with Gasteiger partial charge in [0.2, 0.25) is 17.6 Å². The van der Waals surface area contributed by atoms with Crippen molar-refractivity contribution in [1.29, 1.82) is 0 Å². The van der Waals surface area contributed by atoms with Crippen molar-refractivity contribution in [2.24, 2.45) is 22.7 Å². The third-order valence-corrected chi connectivity index (χ3v) is 11.5. The highest BCUT2D eigenvalue weighted by Gasteiger charge is 2.70. The molecule has 5 atom stereocenters. The van der Waals surface area contributed by atoms with Crippen LogP contribution in [0.4, 0.5) is 4.79 Å². The number of amides is 7. The van der Waals surface area contributed by atoms with E-state index in [1.54, 1.807) is 24.3 Å². The molecule has 4 aliphatic rings. The summed E-state index contributed by atoms with van der Waals surface area (Å²) in [6.45, 7) is 15.4. The molecule has 0 radical (unpaired) electrons. The number of urea groups is 1. The van der Waals surface area contributed by atoms with Gasteiger partial charge in [0.05, 0.1) is 29.3 Å². The summed E-state index contributed by atoms with van der Waals surface area (Å²) in [6.07, 6.45) is 5.90. The normalized spacial score (nSPS) is 23.8. The number of piperidine rings is 1. The molecule has 1 unspecified atom stereocenters. The molecule has 5 rings (SSSR count). The zero-order chi connectivity index (χ0) is 38.2. The lowest BCUT2D eigenvalue weighted by atomic mass is 9.81. The number of fused-ring (bicyclic) bond motifs is 2. The lowest BCUT2D eigenvalue weighted by molar-refractivity contribution is -0.145. The Balaban J connectivity index is 1.34. The topological polar surface area (TPSA) is 174 Å². The average Bonchev–Trinajstić information content (AvgIpc) is 3.35. The fourth-order valence-corrected chi connectivity index (χ4v) is 8.50. The molecule has 1 saturated heterocycles. The number of rotatable bonds is 13. The monoisotopic (exact) mass is 718 g/mol. The van der Waals surface area contributed by atoms with Gasteiger partial charge in [0.15, 0.2) is 0 Å². The van der Waals surface area contributed by atoms with Gasteiger partial charge in [-0.25, -0.2) is 4.79 Å². The Bertz CT molecular complexity index is 1610. The summed E-state index contributed by atoms with van der Waals surface area (Å²) < 4.78 is 0. The summed E-state index contributed by atoms with van der Waals surface area (Å²) in [5, 5.41) is 11.3. The Morgan fingerprint density at radius 2 is 1.60 bits per heavy atom. The van der Waals surface area contributed by atoms with Gasteiger partial charge in [-0.2, -0.15) is 0 Å². The lowest BCUT2D eigenvalue weighted by Crippen LogP contribution is -2.64. The van der Waals surface area contributed by atoms with Crippen LogP contribution in [0.1, 0.15) is 107 Å². The van der Waals surface area contributed by atoms with Crippen LogP contribution in [0, 0.1) is 22.7 Å². The van der Waals surface area contributed by atoms with E-state index in [0.29, 0.717) is 36.9 Å². The Kier molecular flexibility index (Phi) is 11.0. The Hall–Kier alpha value is -4.55. The molecule has 2 heterocycles. The number of imide groups is 1. The first kappa shape index (κ1) is 38.7. The minimum Gasteiger partial charge on any atom is -0.346 e. The third-order valence-electron chi connectivity index (χ3n) is 11.5. The molecule has 2 saturated carbocycles. The van der Waals surface area contributed by atoms with E-state index in [9.17, 15) is 33.6 Å². The van der Waals surface area contributed by atoms with Crippen molar-refractivity contribution in [1.82, 2.24) is 31.1 Å². The van der Waals surface area contributed by atoms with Crippen molar-refractivity contribution >= 4 is 41.4 Å². The molecule has 0 aromatic heterocycles. The summed E-state index contributed by atoms with van der Waals surface area (Å²) in [5.41, 5.74) is -1.20. The molecule has 282 valence electrons. The SMILES string of the molecule is C=CCNC(=O)C(=O)C(CCC)NC(=O)[C@@H]1[C@@H]2[C@H](CN1C(=O)[C@@H](NC(=O)NC1(CN3C(=O)c4ccccc4C3=O)CCCCC1)C(C)(C)C)C2(C)C. The van der Waals surface area contributed by atoms with Crippen LogP contribution >= 0.6 is 0 Å². The van der Waals surface area contributed by atoms with Crippen molar-refractivity contribution < 1.29 is 33.6 Å². The Morgan fingerprint density at radius 1 is 0.981 bits per heavy atom. The number of carbonyl (C=O) groups is 7. The molecule has 3 fully saturated rings. The molecule has 52 heavy (non-hydrogen) atoms. The predicted octanol–water partition coefficient (Wildman–Crippen LogP) is 3.34. The van der Waals surface area contributed by atoms with Gasteiger partial charge in [0, 0.05) is 13.1 Å². The number of nitrogens with zero attached hydrogens (tertiary/aromatic N) is 2. The highest BCUT2D eigenvalue weighted by atomic mass is 16.2. The summed E-state index contributed by atoms with van der Waals surface area (Å²) in [5.74, 6) is -3.41. The standard InChI is InChI=1S/C39H54N6O7/c1-8-15-26(29(46)32(48)40-20-9-2)41-31(47)28-27-25(38(27,6)7)21-44(28)35(51)30(37(3,4)5)42-36(52)43-39(18-13-10-14-19-39)22-45-33(49)23-16-11-12-17-24(23)34(45)50/h9,11-12,16-17,25-28,30H,2,8,10,13-15,18-22H2,1,3-7H3,(H,40,48)(H,41,47)(H2,42,43,52)/t25-,26?,27-,28-,30+/m0/s1. The first-order chi connectivity index (χ1) is 24.5. The zero-order valence-electron chi connectivity index (χ0n) is 31.3. The second-order valence-corrected chi connectivity index (χ2v) is 16.6. The molecule has 2 aliphatic carbocycles. The lowest BCUT2D eigenvalue weighted by Gasteiger charge is -2.42. The number of hydrogen-bond acceptors (Lipinski definition) is 7. The molecule has 13 heteroatoms. The van der Waals surface area contributed by atoms with Crippen molar-refractivity contribution in [3.05, 3.63) is 48.0 Å². The van der Waals surface area contributed by atoms with Gasteiger partial charge in [-0.05, 0) is 54.1 Å². The van der Waals surface area contributed by atoms with Crippen LogP contribution in [-0.2, 0) is 19.2 Å². The maximum atomic E-state index is 14.5. The van der Waals surface area contributed by atoms with Gasteiger partial charge in [-0.15, -0.1) is 6.58 Å². The van der Waals surface area contributed by atoms with E-state index in [1.165, 1.54) is 15.9 Å². The number of Topliss-reactive ketones (excluding diaryl/α,β-unsaturated/α-hetero) is 1. The second kappa shape index (κ2) is 14.8. The minimum absolute atomic E-state index is 0.0109. The van der Waals surface area contributed by atoms with E-state index >= 15 is 0 Å². The fraction of sp³-hybridized carbons (Fsp3) is 0.615. The molecule has 13 nitrogen and oxygen atoms in total. The Morgan fingerprint density at radius 3 is 2.15 bits per heavy atom. The Labute approximate surface area is 306 Å². The quantitative estimate of drug-likeness (QED) is 0.138. The second-order valence-electron chi connectivity index (χ2n) is 16.6.